The van der Waals surface area contributed by atoms with Crippen LogP contribution in [0.25, 0.3) is 0 Å². The quantitative estimate of drug-likeness (QED) is 0.792. The summed E-state index contributed by atoms with van der Waals surface area (Å²) in [5.41, 5.74) is 0. The van der Waals surface area contributed by atoms with E-state index in [9.17, 15) is 4.79 Å². The second-order valence-electron chi connectivity index (χ2n) is 7.22. The van der Waals surface area contributed by atoms with Crippen LogP contribution in [0.1, 0.15) is 64.2 Å². The number of amides is 1. The van der Waals surface area contributed by atoms with E-state index in [1.165, 1.54) is 64.2 Å². The molecule has 0 unspecified atom stereocenters. The molecule has 128 valence electrons. The number of carbonyl (C=O) groups is 1. The van der Waals surface area contributed by atoms with Crippen LogP contribution in [0.2, 0.25) is 0 Å². The minimum absolute atomic E-state index is 0.249. The van der Waals surface area contributed by atoms with E-state index in [2.05, 4.69) is 15.5 Å². The molecule has 1 saturated heterocycles. The van der Waals surface area contributed by atoms with Crippen LogP contribution in [0.15, 0.2) is 0 Å². The van der Waals surface area contributed by atoms with E-state index in [0.29, 0.717) is 12.6 Å². The highest BCUT2D eigenvalue weighted by molar-refractivity contribution is 5.78. The molecule has 2 fully saturated rings. The summed E-state index contributed by atoms with van der Waals surface area (Å²) in [5, 5.41) is 6.52. The highest BCUT2D eigenvalue weighted by Gasteiger charge is 2.21. The van der Waals surface area contributed by atoms with Gasteiger partial charge in [-0.1, -0.05) is 32.1 Å². The molecule has 4 nitrogen and oxygen atoms in total. The number of nitrogens with zero attached hydrogens (tertiary/aromatic N) is 1. The fraction of sp³-hybridized carbons (Fsp3) is 0.944. The van der Waals surface area contributed by atoms with Crippen LogP contribution >= 0.6 is 0 Å². The van der Waals surface area contributed by atoms with Crippen molar-refractivity contribution in [2.45, 2.75) is 70.3 Å². The molecule has 0 aromatic carbocycles. The lowest BCUT2D eigenvalue weighted by Gasteiger charge is -2.32. The molecule has 1 heterocycles. The molecule has 0 aromatic rings. The lowest BCUT2D eigenvalue weighted by atomic mass is 9.93. The molecule has 0 atom stereocenters. The topological polar surface area (TPSA) is 44.4 Å². The first-order valence-corrected chi connectivity index (χ1v) is 9.44. The van der Waals surface area contributed by atoms with Crippen LogP contribution in [-0.2, 0) is 4.79 Å². The Labute approximate surface area is 136 Å². The van der Waals surface area contributed by atoms with Crippen molar-refractivity contribution in [3.05, 3.63) is 0 Å². The summed E-state index contributed by atoms with van der Waals surface area (Å²) in [6.45, 7) is 3.90. The van der Waals surface area contributed by atoms with Crippen LogP contribution in [0.4, 0.5) is 0 Å². The molecular formula is C18H35N3O. The van der Waals surface area contributed by atoms with Crippen molar-refractivity contribution < 1.29 is 4.79 Å². The predicted octanol–water partition coefficient (Wildman–Crippen LogP) is 2.54. The van der Waals surface area contributed by atoms with Gasteiger partial charge in [0.25, 0.3) is 0 Å². The number of hydrogen-bond acceptors (Lipinski definition) is 3. The first kappa shape index (κ1) is 17.7. The minimum Gasteiger partial charge on any atom is -0.352 e. The Bertz CT molecular complexity index is 305. The maximum absolute atomic E-state index is 12.3. The number of piperidine rings is 1. The highest BCUT2D eigenvalue weighted by atomic mass is 16.2. The standard InChI is InChI=1S/C18H35N3O/c1-19-12-9-16-10-13-21(14-11-16)15-18(22)20-17-7-5-3-2-4-6-8-17/h16-17,19H,2-15H2,1H3,(H,20,22). The van der Waals surface area contributed by atoms with Gasteiger partial charge in [0.1, 0.15) is 0 Å². The van der Waals surface area contributed by atoms with Crippen molar-refractivity contribution in [1.82, 2.24) is 15.5 Å². The number of carbonyl (C=O) groups excluding carboxylic acids is 1. The van der Waals surface area contributed by atoms with E-state index in [1.807, 2.05) is 7.05 Å². The van der Waals surface area contributed by atoms with E-state index in [4.69, 9.17) is 0 Å². The maximum atomic E-state index is 12.3. The van der Waals surface area contributed by atoms with Gasteiger partial charge in [0, 0.05) is 6.04 Å². The molecule has 22 heavy (non-hydrogen) atoms. The molecule has 0 radical (unpaired) electrons. The van der Waals surface area contributed by atoms with Crippen LogP contribution in [-0.4, -0.2) is 50.1 Å². The summed E-state index contributed by atoms with van der Waals surface area (Å²) in [7, 11) is 2.02. The second kappa shape index (κ2) is 10.2. The van der Waals surface area contributed by atoms with Crippen molar-refractivity contribution in [1.29, 1.82) is 0 Å². The lowest BCUT2D eigenvalue weighted by Crippen LogP contribution is -2.44. The molecule has 0 aromatic heterocycles. The van der Waals surface area contributed by atoms with Crippen molar-refractivity contribution >= 4 is 5.91 Å². The van der Waals surface area contributed by atoms with Gasteiger partial charge in [0.15, 0.2) is 0 Å². The van der Waals surface area contributed by atoms with E-state index in [1.54, 1.807) is 0 Å². The highest BCUT2D eigenvalue weighted by Crippen LogP contribution is 2.20. The average Bonchev–Trinajstić information content (AvgIpc) is 2.49. The minimum atomic E-state index is 0.249. The Hall–Kier alpha value is -0.610. The van der Waals surface area contributed by atoms with Gasteiger partial charge in [-0.3, -0.25) is 9.69 Å². The fourth-order valence-electron chi connectivity index (χ4n) is 3.86. The zero-order valence-electron chi connectivity index (χ0n) is 14.4. The molecule has 2 aliphatic rings. The van der Waals surface area contributed by atoms with E-state index in [-0.39, 0.29) is 5.91 Å². The van der Waals surface area contributed by atoms with E-state index < -0.39 is 0 Å². The molecule has 0 bridgehead atoms. The fourth-order valence-corrected chi connectivity index (χ4v) is 3.86. The summed E-state index contributed by atoms with van der Waals surface area (Å²) in [4.78, 5) is 14.6. The summed E-state index contributed by atoms with van der Waals surface area (Å²) < 4.78 is 0. The third-order valence-electron chi connectivity index (χ3n) is 5.35. The first-order chi connectivity index (χ1) is 10.8. The molecule has 1 aliphatic heterocycles. The zero-order chi connectivity index (χ0) is 15.6. The van der Waals surface area contributed by atoms with Gasteiger partial charge < -0.3 is 10.6 Å². The Balaban J connectivity index is 1.62. The largest absolute Gasteiger partial charge is 0.352 e. The molecule has 1 amide bonds. The van der Waals surface area contributed by atoms with Gasteiger partial charge in [-0.2, -0.15) is 0 Å². The Kier molecular flexibility index (Phi) is 8.24. The maximum Gasteiger partial charge on any atom is 0.234 e. The third kappa shape index (κ3) is 6.66. The molecule has 1 aliphatic carbocycles. The molecule has 1 saturated carbocycles. The number of rotatable bonds is 6. The summed E-state index contributed by atoms with van der Waals surface area (Å²) in [6.07, 6.45) is 12.7. The van der Waals surface area contributed by atoms with Crippen LogP contribution in [0.3, 0.4) is 0 Å². The average molecular weight is 309 g/mol. The van der Waals surface area contributed by atoms with E-state index >= 15 is 0 Å². The van der Waals surface area contributed by atoms with Crippen LogP contribution in [0.5, 0.6) is 0 Å². The van der Waals surface area contributed by atoms with Crippen molar-refractivity contribution in [2.24, 2.45) is 5.92 Å². The molecule has 4 heteroatoms. The van der Waals surface area contributed by atoms with Gasteiger partial charge >= 0.3 is 0 Å². The van der Waals surface area contributed by atoms with Crippen molar-refractivity contribution in [3.8, 4) is 0 Å². The van der Waals surface area contributed by atoms with Crippen LogP contribution in [0, 0.1) is 5.92 Å². The predicted molar refractivity (Wildman–Crippen MR) is 92.0 cm³/mol. The van der Waals surface area contributed by atoms with Crippen LogP contribution < -0.4 is 10.6 Å². The summed E-state index contributed by atoms with van der Waals surface area (Å²) in [5.74, 6) is 1.09. The second-order valence-corrected chi connectivity index (χ2v) is 7.22. The monoisotopic (exact) mass is 309 g/mol. The lowest BCUT2D eigenvalue weighted by molar-refractivity contribution is -0.123. The Morgan fingerprint density at radius 3 is 2.27 bits per heavy atom. The van der Waals surface area contributed by atoms with E-state index in [0.717, 1.165) is 25.6 Å². The third-order valence-corrected chi connectivity index (χ3v) is 5.35. The SMILES string of the molecule is CNCCC1CCN(CC(=O)NC2CCCCCCC2)CC1. The summed E-state index contributed by atoms with van der Waals surface area (Å²) >= 11 is 0. The molecular weight excluding hydrogens is 274 g/mol. The zero-order valence-corrected chi connectivity index (χ0v) is 14.4. The van der Waals surface area contributed by atoms with Gasteiger partial charge in [-0.15, -0.1) is 0 Å². The van der Waals surface area contributed by atoms with Gasteiger partial charge in [0.05, 0.1) is 6.54 Å². The first-order valence-electron chi connectivity index (χ1n) is 9.44. The van der Waals surface area contributed by atoms with Gasteiger partial charge in [-0.25, -0.2) is 0 Å². The van der Waals surface area contributed by atoms with Gasteiger partial charge in [-0.05, 0) is 64.7 Å². The normalized spacial score (nSPS) is 23.0. The number of likely N-dealkylation sites (tertiary alicyclic amines) is 1. The Morgan fingerprint density at radius 1 is 1.00 bits per heavy atom. The van der Waals surface area contributed by atoms with Gasteiger partial charge in [0.2, 0.25) is 5.91 Å². The molecule has 2 rings (SSSR count). The smallest absolute Gasteiger partial charge is 0.234 e. The molecule has 2 N–H and O–H groups in total. The number of hydrogen-bond donors (Lipinski definition) is 2. The number of nitrogens with one attached hydrogen (secondary N) is 2. The summed E-state index contributed by atoms with van der Waals surface area (Å²) in [6, 6.07) is 0.431. The van der Waals surface area contributed by atoms with Crippen molar-refractivity contribution in [3.63, 3.8) is 0 Å². The Morgan fingerprint density at radius 2 is 1.64 bits per heavy atom. The van der Waals surface area contributed by atoms with Crippen molar-refractivity contribution in [2.75, 3.05) is 33.2 Å². The molecule has 0 spiro atoms.